The third-order valence-electron chi connectivity index (χ3n) is 3.59. The summed E-state index contributed by atoms with van der Waals surface area (Å²) >= 11 is 1.19. The van der Waals surface area contributed by atoms with Crippen LogP contribution in [-0.2, 0) is 33.4 Å². The standard InChI is InChI=1S/C11H10F3NO7S2/c1-20-10(17)4-3-23-9-7-5(21-7)2-6(8(16)15(4)9)22-24(18,19)11(12,13)14/h2,4-5,7,9H,3H2,1H3/t4-,5+,7+,9+/m0/s1. The number of ether oxygens (including phenoxy) is 2. The molecule has 0 aromatic rings. The normalized spacial score (nSPS) is 32.4. The summed E-state index contributed by atoms with van der Waals surface area (Å²) in [5, 5.41) is -0.641. The van der Waals surface area contributed by atoms with Gasteiger partial charge in [0.1, 0.15) is 23.6 Å². The predicted octanol–water partition coefficient (Wildman–Crippen LogP) is -0.0394. The Hall–Kier alpha value is -1.47. The number of esters is 1. The topological polar surface area (TPSA) is 103 Å². The molecule has 3 heterocycles. The summed E-state index contributed by atoms with van der Waals surface area (Å²) in [6, 6.07) is -1.07. The van der Waals surface area contributed by atoms with Crippen LogP contribution in [0.5, 0.6) is 0 Å². The van der Waals surface area contributed by atoms with Gasteiger partial charge in [0.15, 0.2) is 0 Å². The molecule has 0 bridgehead atoms. The molecule has 0 aromatic carbocycles. The summed E-state index contributed by atoms with van der Waals surface area (Å²) in [5.74, 6) is -2.80. The number of hydrogen-bond acceptors (Lipinski definition) is 8. The molecule has 3 aliphatic rings. The van der Waals surface area contributed by atoms with E-state index in [1.807, 2.05) is 0 Å². The van der Waals surface area contributed by atoms with Gasteiger partial charge in [-0.3, -0.25) is 4.79 Å². The van der Waals surface area contributed by atoms with Crippen molar-refractivity contribution < 1.29 is 44.8 Å². The summed E-state index contributed by atoms with van der Waals surface area (Å²) in [7, 11) is -4.92. The second kappa shape index (κ2) is 5.52. The molecule has 0 unspecified atom stereocenters. The van der Waals surface area contributed by atoms with Crippen LogP contribution < -0.4 is 0 Å². The van der Waals surface area contributed by atoms with Gasteiger partial charge in [0, 0.05) is 5.75 Å². The predicted molar refractivity (Wildman–Crippen MR) is 71.7 cm³/mol. The Morgan fingerprint density at radius 1 is 1.46 bits per heavy atom. The van der Waals surface area contributed by atoms with Crippen molar-refractivity contribution in [2.45, 2.75) is 29.1 Å². The Labute approximate surface area is 138 Å². The lowest BCUT2D eigenvalue weighted by Crippen LogP contribution is -2.48. The van der Waals surface area contributed by atoms with E-state index in [0.717, 1.165) is 18.1 Å². The van der Waals surface area contributed by atoms with Crippen molar-refractivity contribution in [2.24, 2.45) is 0 Å². The Morgan fingerprint density at radius 3 is 2.71 bits per heavy atom. The number of carbonyl (C=O) groups is 2. The first-order valence-electron chi connectivity index (χ1n) is 6.47. The zero-order valence-electron chi connectivity index (χ0n) is 11.8. The molecule has 8 nitrogen and oxygen atoms in total. The van der Waals surface area contributed by atoms with Crippen LogP contribution in [-0.4, -0.2) is 67.2 Å². The van der Waals surface area contributed by atoms with E-state index >= 15 is 0 Å². The molecule has 0 saturated carbocycles. The summed E-state index contributed by atoms with van der Waals surface area (Å²) in [4.78, 5) is 25.2. The quantitative estimate of drug-likeness (QED) is 0.287. The van der Waals surface area contributed by atoms with Gasteiger partial charge in [0.05, 0.1) is 7.11 Å². The van der Waals surface area contributed by atoms with Crippen molar-refractivity contribution >= 4 is 33.8 Å². The van der Waals surface area contributed by atoms with Crippen LogP contribution in [0.4, 0.5) is 13.2 Å². The molecule has 2 fully saturated rings. The molecule has 3 aliphatic heterocycles. The summed E-state index contributed by atoms with van der Waals surface area (Å²) in [5.41, 5.74) is -5.69. The maximum absolute atomic E-state index is 12.5. The highest BCUT2D eigenvalue weighted by atomic mass is 32.2. The smallest absolute Gasteiger partial charge is 0.467 e. The Bertz CT molecular complexity index is 720. The second-order valence-electron chi connectivity index (χ2n) is 5.05. The van der Waals surface area contributed by atoms with Gasteiger partial charge in [0.25, 0.3) is 5.91 Å². The van der Waals surface area contributed by atoms with Crippen LogP contribution in [0.2, 0.25) is 0 Å². The van der Waals surface area contributed by atoms with Crippen LogP contribution in [0.3, 0.4) is 0 Å². The zero-order valence-corrected chi connectivity index (χ0v) is 13.5. The molecular weight excluding hydrogens is 379 g/mol. The number of halogens is 3. The highest BCUT2D eigenvalue weighted by molar-refractivity contribution is 8.00. The summed E-state index contributed by atoms with van der Waals surface area (Å²) < 4.78 is 73.5. The van der Waals surface area contributed by atoms with Crippen molar-refractivity contribution in [3.05, 3.63) is 11.8 Å². The average Bonchev–Trinajstić information content (AvgIpc) is 3.11. The number of thioether (sulfide) groups is 1. The molecule has 134 valence electrons. The van der Waals surface area contributed by atoms with Gasteiger partial charge in [-0.2, -0.15) is 21.6 Å². The minimum Gasteiger partial charge on any atom is -0.467 e. The molecule has 0 aliphatic carbocycles. The molecule has 0 N–H and O–H groups in total. The minimum atomic E-state index is -6.02. The van der Waals surface area contributed by atoms with Gasteiger partial charge < -0.3 is 18.6 Å². The van der Waals surface area contributed by atoms with E-state index in [0.29, 0.717) is 0 Å². The highest BCUT2D eigenvalue weighted by Gasteiger charge is 2.58. The van der Waals surface area contributed by atoms with Crippen molar-refractivity contribution in [1.29, 1.82) is 0 Å². The first-order valence-corrected chi connectivity index (χ1v) is 8.92. The fourth-order valence-electron chi connectivity index (χ4n) is 2.43. The van der Waals surface area contributed by atoms with Gasteiger partial charge in [-0.1, -0.05) is 0 Å². The highest BCUT2D eigenvalue weighted by Crippen LogP contribution is 2.45. The van der Waals surface area contributed by atoms with E-state index in [-0.39, 0.29) is 5.75 Å². The van der Waals surface area contributed by atoms with Crippen molar-refractivity contribution in [3.63, 3.8) is 0 Å². The number of epoxide rings is 1. The fraction of sp³-hybridized carbons (Fsp3) is 0.636. The van der Waals surface area contributed by atoms with Gasteiger partial charge in [-0.05, 0) is 6.08 Å². The van der Waals surface area contributed by atoms with E-state index < -0.39 is 56.9 Å². The number of nitrogens with zero attached hydrogens (tertiary/aromatic N) is 1. The van der Waals surface area contributed by atoms with E-state index in [2.05, 4.69) is 8.92 Å². The Kier molecular flexibility index (Phi) is 3.99. The first-order chi connectivity index (χ1) is 11.1. The lowest BCUT2D eigenvalue weighted by molar-refractivity contribution is -0.151. The molecule has 0 aromatic heterocycles. The molecule has 13 heteroatoms. The SMILES string of the molecule is COC(=O)[C@@H]1CS[C@@H]2[C@@H]3O[C@@H]3C=C(OS(=O)(=O)C(F)(F)F)C(=O)N21. The molecule has 4 atom stereocenters. The molecule has 24 heavy (non-hydrogen) atoms. The number of hydrogen-bond donors (Lipinski definition) is 0. The van der Waals surface area contributed by atoms with Crippen LogP contribution >= 0.6 is 11.8 Å². The third-order valence-corrected chi connectivity index (χ3v) is 5.91. The fourth-order valence-corrected chi connectivity index (χ4v) is 4.38. The third kappa shape index (κ3) is 2.73. The number of rotatable bonds is 3. The van der Waals surface area contributed by atoms with Crippen molar-refractivity contribution in [1.82, 2.24) is 4.90 Å². The zero-order chi connectivity index (χ0) is 17.9. The van der Waals surface area contributed by atoms with Gasteiger partial charge in [-0.15, -0.1) is 11.8 Å². The number of fused-ring (bicyclic) bond motifs is 3. The average molecular weight is 389 g/mol. The first kappa shape index (κ1) is 17.4. The molecule has 1 amide bonds. The van der Waals surface area contributed by atoms with Crippen LogP contribution in [0.1, 0.15) is 0 Å². The largest absolute Gasteiger partial charge is 0.534 e. The lowest BCUT2D eigenvalue weighted by Gasteiger charge is -2.26. The van der Waals surface area contributed by atoms with Gasteiger partial charge in [0.2, 0.25) is 5.76 Å². The minimum absolute atomic E-state index is 0.148. The van der Waals surface area contributed by atoms with Crippen LogP contribution in [0, 0.1) is 0 Å². The number of methoxy groups -OCH3 is 1. The Balaban J connectivity index is 1.92. The number of carbonyl (C=O) groups excluding carboxylic acids is 2. The van der Waals surface area contributed by atoms with Crippen molar-refractivity contribution in [2.75, 3.05) is 12.9 Å². The lowest BCUT2D eigenvalue weighted by atomic mass is 10.2. The van der Waals surface area contributed by atoms with E-state index in [1.165, 1.54) is 11.8 Å². The maximum atomic E-state index is 12.5. The van der Waals surface area contributed by atoms with Gasteiger partial charge in [-0.25, -0.2) is 4.79 Å². The Morgan fingerprint density at radius 2 is 2.12 bits per heavy atom. The number of alkyl halides is 3. The van der Waals surface area contributed by atoms with E-state index in [4.69, 9.17) is 4.74 Å². The second-order valence-corrected chi connectivity index (χ2v) is 7.74. The summed E-state index contributed by atoms with van der Waals surface area (Å²) in [6.07, 6.45) is -0.432. The van der Waals surface area contributed by atoms with Crippen LogP contribution in [0.15, 0.2) is 11.8 Å². The van der Waals surface area contributed by atoms with E-state index in [1.54, 1.807) is 0 Å². The van der Waals surface area contributed by atoms with Crippen LogP contribution in [0.25, 0.3) is 0 Å². The molecule has 0 spiro atoms. The molecule has 0 radical (unpaired) electrons. The van der Waals surface area contributed by atoms with Crippen molar-refractivity contribution in [3.8, 4) is 0 Å². The molecule has 3 rings (SSSR count). The summed E-state index contributed by atoms with van der Waals surface area (Å²) in [6.45, 7) is 0. The maximum Gasteiger partial charge on any atom is 0.534 e. The van der Waals surface area contributed by atoms with Gasteiger partial charge >= 0.3 is 21.6 Å². The monoisotopic (exact) mass is 389 g/mol. The number of amides is 1. The molecule has 2 saturated heterocycles. The molecular formula is C11H10F3NO7S2. The van der Waals surface area contributed by atoms with E-state index in [9.17, 15) is 31.2 Å².